The first-order valence-corrected chi connectivity index (χ1v) is 8.02. The molecule has 0 radical (unpaired) electrons. The molecule has 2 aromatic carbocycles. The molecule has 4 N–H and O–H groups in total. The van der Waals surface area contributed by atoms with Gasteiger partial charge in [-0.1, -0.05) is 48.2 Å². The Kier molecular flexibility index (Phi) is 9.60. The monoisotopic (exact) mass is 351 g/mol. The van der Waals surface area contributed by atoms with Gasteiger partial charge < -0.3 is 15.9 Å². The summed E-state index contributed by atoms with van der Waals surface area (Å²) in [5, 5.41) is 15.6. The molecule has 134 valence electrons. The van der Waals surface area contributed by atoms with Gasteiger partial charge in [0.05, 0.1) is 0 Å². The molecule has 0 fully saturated rings. The summed E-state index contributed by atoms with van der Waals surface area (Å²) < 4.78 is 0. The summed E-state index contributed by atoms with van der Waals surface area (Å²) in [6.45, 7) is 0.723. The smallest absolute Gasteiger partial charge is 0.328 e. The third kappa shape index (κ3) is 9.06. The normalized spacial score (nSPS) is 9.58. The lowest BCUT2D eigenvalue weighted by atomic mass is 10.0. The van der Waals surface area contributed by atoms with Crippen LogP contribution >= 0.6 is 0 Å². The first kappa shape index (κ1) is 20.7. The average molecular weight is 351 g/mol. The van der Waals surface area contributed by atoms with Gasteiger partial charge in [0.15, 0.2) is 0 Å². The predicted molar refractivity (Wildman–Crippen MR) is 101 cm³/mol. The van der Waals surface area contributed by atoms with Crippen LogP contribution in [0.1, 0.15) is 23.1 Å². The lowest BCUT2D eigenvalue weighted by Crippen LogP contribution is -2.01. The second kappa shape index (κ2) is 12.1. The Hall–Kier alpha value is -3.36. The highest BCUT2D eigenvalue weighted by Crippen LogP contribution is 2.10. The number of aryl methyl sites for hydroxylation is 1. The highest BCUT2D eigenvalue weighted by atomic mass is 16.4. The Morgan fingerprint density at radius 1 is 0.885 bits per heavy atom. The van der Waals surface area contributed by atoms with Crippen molar-refractivity contribution in [3.05, 3.63) is 83.4 Å². The first-order chi connectivity index (χ1) is 12.5. The highest BCUT2D eigenvalue weighted by molar-refractivity contribution is 5.89. The van der Waals surface area contributed by atoms with Crippen molar-refractivity contribution in [2.45, 2.75) is 12.8 Å². The van der Waals surface area contributed by atoms with Gasteiger partial charge in [0.2, 0.25) is 0 Å². The SMILES string of the molecule is NCCCc1ccccc1C#Cc1ccccc1.O=C(O)/C=C/C(=O)O. The minimum absolute atomic E-state index is 0.558. The summed E-state index contributed by atoms with van der Waals surface area (Å²) in [7, 11) is 0. The summed E-state index contributed by atoms with van der Waals surface area (Å²) >= 11 is 0. The molecule has 26 heavy (non-hydrogen) atoms. The molecule has 0 aromatic heterocycles. The van der Waals surface area contributed by atoms with Gasteiger partial charge in [0.25, 0.3) is 0 Å². The van der Waals surface area contributed by atoms with Crippen LogP contribution in [0.2, 0.25) is 0 Å². The van der Waals surface area contributed by atoms with E-state index in [9.17, 15) is 9.59 Å². The number of carboxylic acids is 2. The Bertz CT molecular complexity index is 786. The van der Waals surface area contributed by atoms with Gasteiger partial charge in [-0.2, -0.15) is 0 Å². The molecule has 0 unspecified atom stereocenters. The lowest BCUT2D eigenvalue weighted by molar-refractivity contribution is -0.134. The van der Waals surface area contributed by atoms with E-state index in [0.717, 1.165) is 30.5 Å². The van der Waals surface area contributed by atoms with E-state index < -0.39 is 11.9 Å². The second-order valence-electron chi connectivity index (χ2n) is 5.18. The molecular formula is C21H21NO4. The summed E-state index contributed by atoms with van der Waals surface area (Å²) in [4.78, 5) is 19.1. The molecule has 0 bridgehead atoms. The summed E-state index contributed by atoms with van der Waals surface area (Å²) in [5.41, 5.74) is 8.99. The molecule has 0 spiro atoms. The fourth-order valence-electron chi connectivity index (χ4n) is 1.96. The van der Waals surface area contributed by atoms with Crippen LogP contribution in [0, 0.1) is 11.8 Å². The fraction of sp³-hybridized carbons (Fsp3) is 0.143. The number of hydrogen-bond acceptors (Lipinski definition) is 3. The van der Waals surface area contributed by atoms with Gasteiger partial charge >= 0.3 is 11.9 Å². The molecule has 0 aliphatic carbocycles. The Labute approximate surface area is 152 Å². The minimum atomic E-state index is -1.26. The van der Waals surface area contributed by atoms with Crippen LogP contribution in [0.15, 0.2) is 66.7 Å². The van der Waals surface area contributed by atoms with E-state index in [2.05, 4.69) is 30.0 Å². The first-order valence-electron chi connectivity index (χ1n) is 8.02. The second-order valence-corrected chi connectivity index (χ2v) is 5.18. The number of benzene rings is 2. The molecular weight excluding hydrogens is 330 g/mol. The molecule has 0 saturated carbocycles. The van der Waals surface area contributed by atoms with Crippen LogP contribution in [-0.2, 0) is 16.0 Å². The van der Waals surface area contributed by atoms with Crippen LogP contribution in [0.3, 0.4) is 0 Å². The molecule has 0 atom stereocenters. The molecule has 2 aromatic rings. The van der Waals surface area contributed by atoms with Crippen molar-refractivity contribution in [2.24, 2.45) is 5.73 Å². The van der Waals surface area contributed by atoms with E-state index in [-0.39, 0.29) is 0 Å². The van der Waals surface area contributed by atoms with Gasteiger partial charge in [-0.3, -0.25) is 0 Å². The Morgan fingerprint density at radius 3 is 2.04 bits per heavy atom. The number of nitrogens with two attached hydrogens (primary N) is 1. The van der Waals surface area contributed by atoms with E-state index >= 15 is 0 Å². The van der Waals surface area contributed by atoms with Gasteiger partial charge in [-0.15, -0.1) is 0 Å². The highest BCUT2D eigenvalue weighted by Gasteiger charge is 1.97. The average Bonchev–Trinajstić information content (AvgIpc) is 2.65. The lowest BCUT2D eigenvalue weighted by Gasteiger charge is -2.02. The van der Waals surface area contributed by atoms with E-state index in [1.807, 2.05) is 36.4 Å². The molecule has 0 aliphatic rings. The van der Waals surface area contributed by atoms with E-state index in [1.165, 1.54) is 5.56 Å². The number of hydrogen-bond donors (Lipinski definition) is 3. The van der Waals surface area contributed by atoms with Crippen molar-refractivity contribution in [1.29, 1.82) is 0 Å². The Morgan fingerprint density at radius 2 is 1.46 bits per heavy atom. The largest absolute Gasteiger partial charge is 0.478 e. The standard InChI is InChI=1S/C17H17N.C4H4O4/c18-14-6-11-16-9-4-5-10-17(16)13-12-15-7-2-1-3-8-15;5-3(6)1-2-4(7)8/h1-5,7-10H,6,11,14,18H2;1-2H,(H,5,6)(H,7,8)/b;2-1+. The van der Waals surface area contributed by atoms with Crippen molar-refractivity contribution < 1.29 is 19.8 Å². The quantitative estimate of drug-likeness (QED) is 0.568. The molecule has 0 saturated heterocycles. The number of carbonyl (C=O) groups is 2. The molecule has 5 nitrogen and oxygen atoms in total. The predicted octanol–water partition coefficient (Wildman–Crippen LogP) is 2.69. The van der Waals surface area contributed by atoms with Gasteiger partial charge in [-0.25, -0.2) is 9.59 Å². The van der Waals surface area contributed by atoms with Crippen LogP contribution in [0.25, 0.3) is 0 Å². The van der Waals surface area contributed by atoms with E-state index in [0.29, 0.717) is 12.2 Å². The van der Waals surface area contributed by atoms with Crippen LogP contribution in [-0.4, -0.2) is 28.7 Å². The topological polar surface area (TPSA) is 101 Å². The van der Waals surface area contributed by atoms with E-state index in [4.69, 9.17) is 15.9 Å². The van der Waals surface area contributed by atoms with Crippen molar-refractivity contribution >= 4 is 11.9 Å². The zero-order valence-electron chi connectivity index (χ0n) is 14.3. The van der Waals surface area contributed by atoms with E-state index in [1.54, 1.807) is 0 Å². The van der Waals surface area contributed by atoms with Crippen LogP contribution in [0.4, 0.5) is 0 Å². The molecule has 0 amide bonds. The summed E-state index contributed by atoms with van der Waals surface area (Å²) in [6.07, 6.45) is 3.12. The number of aliphatic carboxylic acids is 2. The molecule has 5 heteroatoms. The maximum absolute atomic E-state index is 9.55. The maximum Gasteiger partial charge on any atom is 0.328 e. The zero-order chi connectivity index (χ0) is 19.2. The minimum Gasteiger partial charge on any atom is -0.478 e. The summed E-state index contributed by atoms with van der Waals surface area (Å²) in [6, 6.07) is 18.3. The van der Waals surface area contributed by atoms with Gasteiger partial charge in [0.1, 0.15) is 0 Å². The summed E-state index contributed by atoms with van der Waals surface area (Å²) in [5.74, 6) is 3.93. The van der Waals surface area contributed by atoms with Gasteiger partial charge in [-0.05, 0) is 43.1 Å². The third-order valence-electron chi connectivity index (χ3n) is 3.15. The van der Waals surface area contributed by atoms with Crippen molar-refractivity contribution in [3.63, 3.8) is 0 Å². The Balaban J connectivity index is 0.000000359. The maximum atomic E-state index is 9.55. The molecule has 0 heterocycles. The van der Waals surface area contributed by atoms with Crippen molar-refractivity contribution in [2.75, 3.05) is 6.54 Å². The molecule has 2 rings (SSSR count). The molecule has 0 aliphatic heterocycles. The van der Waals surface area contributed by atoms with Crippen molar-refractivity contribution in [1.82, 2.24) is 0 Å². The fourth-order valence-corrected chi connectivity index (χ4v) is 1.96. The number of rotatable bonds is 5. The van der Waals surface area contributed by atoms with Crippen LogP contribution in [0.5, 0.6) is 0 Å². The van der Waals surface area contributed by atoms with Gasteiger partial charge in [0, 0.05) is 23.3 Å². The number of carboxylic acid groups (broad SMARTS) is 2. The zero-order valence-corrected chi connectivity index (χ0v) is 14.3. The van der Waals surface area contributed by atoms with Crippen molar-refractivity contribution in [3.8, 4) is 11.8 Å². The van der Waals surface area contributed by atoms with Crippen LogP contribution < -0.4 is 5.73 Å². The third-order valence-corrected chi connectivity index (χ3v) is 3.15.